The molecule has 0 bridgehead atoms. The quantitative estimate of drug-likeness (QED) is 0.801. The van der Waals surface area contributed by atoms with Gasteiger partial charge < -0.3 is 10.6 Å². The van der Waals surface area contributed by atoms with E-state index in [2.05, 4.69) is 24.5 Å². The number of rotatable bonds is 2. The summed E-state index contributed by atoms with van der Waals surface area (Å²) in [5.41, 5.74) is 2.75. The van der Waals surface area contributed by atoms with Gasteiger partial charge in [0.05, 0.1) is 11.7 Å². The summed E-state index contributed by atoms with van der Waals surface area (Å²) in [6, 6.07) is 5.91. The largest absolute Gasteiger partial charge is 0.365 e. The Labute approximate surface area is 96.2 Å². The third-order valence-electron chi connectivity index (χ3n) is 2.84. The lowest BCUT2D eigenvalue weighted by molar-refractivity contribution is 0.0931. The number of anilines is 1. The van der Waals surface area contributed by atoms with Gasteiger partial charge in [-0.2, -0.15) is 0 Å². The zero-order chi connectivity index (χ0) is 11.7. The fourth-order valence-corrected chi connectivity index (χ4v) is 2.13. The van der Waals surface area contributed by atoms with Crippen LogP contribution < -0.4 is 10.6 Å². The van der Waals surface area contributed by atoms with E-state index in [1.165, 1.54) is 0 Å². The Morgan fingerprint density at radius 1 is 1.31 bits per heavy atom. The van der Waals surface area contributed by atoms with Crippen LogP contribution in [0.15, 0.2) is 18.2 Å². The van der Waals surface area contributed by atoms with Gasteiger partial charge >= 0.3 is 0 Å². The molecule has 0 saturated carbocycles. The molecule has 1 aliphatic heterocycles. The lowest BCUT2D eigenvalue weighted by atomic mass is 10.0. The summed E-state index contributed by atoms with van der Waals surface area (Å²) in [7, 11) is 0. The molecule has 0 unspecified atom stereocenters. The van der Waals surface area contributed by atoms with Gasteiger partial charge in [-0.25, -0.2) is 0 Å². The van der Waals surface area contributed by atoms with Crippen LogP contribution in [-0.4, -0.2) is 12.1 Å². The second-order valence-corrected chi connectivity index (χ2v) is 4.80. The van der Waals surface area contributed by atoms with Gasteiger partial charge in [0, 0.05) is 5.69 Å². The van der Waals surface area contributed by atoms with Crippen molar-refractivity contribution in [2.45, 2.75) is 33.4 Å². The van der Waals surface area contributed by atoms with Crippen molar-refractivity contribution in [3.05, 3.63) is 29.3 Å². The van der Waals surface area contributed by atoms with Crippen molar-refractivity contribution in [2.75, 3.05) is 5.32 Å². The predicted molar refractivity (Wildman–Crippen MR) is 65.5 cm³/mol. The van der Waals surface area contributed by atoms with Crippen LogP contribution in [0.3, 0.4) is 0 Å². The summed E-state index contributed by atoms with van der Waals surface area (Å²) in [6.45, 7) is 6.27. The van der Waals surface area contributed by atoms with Crippen molar-refractivity contribution in [3.8, 4) is 0 Å². The first-order chi connectivity index (χ1) is 7.58. The molecule has 16 heavy (non-hydrogen) atoms. The van der Waals surface area contributed by atoms with E-state index in [4.69, 9.17) is 0 Å². The van der Waals surface area contributed by atoms with Gasteiger partial charge in [-0.15, -0.1) is 0 Å². The highest BCUT2D eigenvalue weighted by molar-refractivity contribution is 6.02. The van der Waals surface area contributed by atoms with Crippen LogP contribution in [0.1, 0.15) is 36.2 Å². The normalized spacial score (nSPS) is 19.0. The lowest BCUT2D eigenvalue weighted by Gasteiger charge is -2.29. The van der Waals surface area contributed by atoms with E-state index >= 15 is 0 Å². The maximum Gasteiger partial charge on any atom is 0.255 e. The van der Waals surface area contributed by atoms with E-state index in [9.17, 15) is 4.79 Å². The Bertz CT molecular complexity index is 412. The standard InChI is InChI=1S/C13H18N2O/c1-8(2)7-11-14-10-6-4-5-9(3)12(10)13(16)15-11/h4-6,8,11,14H,7H2,1-3H3,(H,15,16)/t11-/m1/s1. The molecule has 1 aromatic carbocycles. The highest BCUT2D eigenvalue weighted by Crippen LogP contribution is 2.24. The summed E-state index contributed by atoms with van der Waals surface area (Å²) >= 11 is 0. The van der Waals surface area contributed by atoms with Gasteiger partial charge in [-0.3, -0.25) is 4.79 Å². The minimum atomic E-state index is 0.0394. The molecular weight excluding hydrogens is 200 g/mol. The SMILES string of the molecule is Cc1cccc2c1C(=O)N[C@H](CC(C)C)N2. The van der Waals surface area contributed by atoms with Crippen molar-refractivity contribution < 1.29 is 4.79 Å². The van der Waals surface area contributed by atoms with Gasteiger partial charge in [0.1, 0.15) is 0 Å². The molecule has 0 aliphatic carbocycles. The molecule has 1 heterocycles. The number of amides is 1. The zero-order valence-electron chi connectivity index (χ0n) is 10.0. The zero-order valence-corrected chi connectivity index (χ0v) is 10.0. The molecule has 0 radical (unpaired) electrons. The van der Waals surface area contributed by atoms with Gasteiger partial charge in [-0.1, -0.05) is 26.0 Å². The van der Waals surface area contributed by atoms with E-state index in [0.29, 0.717) is 5.92 Å². The maximum absolute atomic E-state index is 11.9. The number of hydrogen-bond donors (Lipinski definition) is 2. The molecule has 1 aliphatic rings. The topological polar surface area (TPSA) is 41.1 Å². The average Bonchev–Trinajstić information content (AvgIpc) is 2.15. The lowest BCUT2D eigenvalue weighted by Crippen LogP contribution is -2.45. The molecule has 86 valence electrons. The third-order valence-corrected chi connectivity index (χ3v) is 2.84. The maximum atomic E-state index is 11.9. The van der Waals surface area contributed by atoms with Crippen LogP contribution in [0.5, 0.6) is 0 Å². The van der Waals surface area contributed by atoms with Gasteiger partial charge in [0.25, 0.3) is 5.91 Å². The molecular formula is C13H18N2O. The number of benzene rings is 1. The first-order valence-electron chi connectivity index (χ1n) is 5.75. The third kappa shape index (κ3) is 2.03. The smallest absolute Gasteiger partial charge is 0.255 e. The molecule has 1 aromatic rings. The van der Waals surface area contributed by atoms with Crippen LogP contribution in [0.25, 0.3) is 0 Å². The fraction of sp³-hybridized carbons (Fsp3) is 0.462. The van der Waals surface area contributed by atoms with Crippen LogP contribution >= 0.6 is 0 Å². The van der Waals surface area contributed by atoms with Crippen molar-refractivity contribution in [3.63, 3.8) is 0 Å². The summed E-state index contributed by atoms with van der Waals surface area (Å²) in [4.78, 5) is 11.9. The molecule has 3 heteroatoms. The molecule has 0 spiro atoms. The van der Waals surface area contributed by atoms with Crippen molar-refractivity contribution in [1.29, 1.82) is 0 Å². The van der Waals surface area contributed by atoms with Crippen LogP contribution in [0.2, 0.25) is 0 Å². The molecule has 2 rings (SSSR count). The van der Waals surface area contributed by atoms with Crippen LogP contribution in [0, 0.1) is 12.8 Å². The minimum Gasteiger partial charge on any atom is -0.365 e. The number of carbonyl (C=O) groups is 1. The molecule has 1 amide bonds. The van der Waals surface area contributed by atoms with Crippen molar-refractivity contribution >= 4 is 11.6 Å². The van der Waals surface area contributed by atoms with E-state index in [0.717, 1.165) is 23.2 Å². The highest BCUT2D eigenvalue weighted by Gasteiger charge is 2.24. The summed E-state index contributed by atoms with van der Waals surface area (Å²) in [6.07, 6.45) is 1.00. The van der Waals surface area contributed by atoms with Gasteiger partial charge in [0.2, 0.25) is 0 Å². The summed E-state index contributed by atoms with van der Waals surface area (Å²) in [5.74, 6) is 0.599. The molecule has 0 fully saturated rings. The van der Waals surface area contributed by atoms with Crippen LogP contribution in [-0.2, 0) is 0 Å². The van der Waals surface area contributed by atoms with E-state index in [1.54, 1.807) is 0 Å². The Morgan fingerprint density at radius 3 is 2.75 bits per heavy atom. The minimum absolute atomic E-state index is 0.0394. The summed E-state index contributed by atoms with van der Waals surface area (Å²) < 4.78 is 0. The Balaban J connectivity index is 2.27. The van der Waals surface area contributed by atoms with Gasteiger partial charge in [0.15, 0.2) is 0 Å². The second kappa shape index (κ2) is 4.16. The molecule has 0 saturated heterocycles. The fourth-order valence-electron chi connectivity index (χ4n) is 2.13. The van der Waals surface area contributed by atoms with Crippen molar-refractivity contribution in [2.24, 2.45) is 5.92 Å². The molecule has 1 atom stereocenters. The number of nitrogens with one attached hydrogen (secondary N) is 2. The number of aryl methyl sites for hydroxylation is 1. The Kier molecular flexibility index (Phi) is 2.86. The van der Waals surface area contributed by atoms with E-state index < -0.39 is 0 Å². The highest BCUT2D eigenvalue weighted by atomic mass is 16.2. The van der Waals surface area contributed by atoms with Gasteiger partial charge in [-0.05, 0) is 30.9 Å². The molecule has 3 nitrogen and oxygen atoms in total. The predicted octanol–water partition coefficient (Wildman–Crippen LogP) is 2.52. The van der Waals surface area contributed by atoms with E-state index in [1.807, 2.05) is 25.1 Å². The number of fused-ring (bicyclic) bond motifs is 1. The first kappa shape index (κ1) is 11.0. The van der Waals surface area contributed by atoms with E-state index in [-0.39, 0.29) is 12.1 Å². The molecule has 2 N–H and O–H groups in total. The second-order valence-electron chi connectivity index (χ2n) is 4.80. The van der Waals surface area contributed by atoms with Crippen molar-refractivity contribution in [1.82, 2.24) is 5.32 Å². The number of hydrogen-bond acceptors (Lipinski definition) is 2. The monoisotopic (exact) mass is 218 g/mol. The number of carbonyl (C=O) groups excluding carboxylic acids is 1. The summed E-state index contributed by atoms with van der Waals surface area (Å²) in [5, 5.41) is 6.36. The first-order valence-corrected chi connectivity index (χ1v) is 5.75. The Hall–Kier alpha value is -1.51. The Morgan fingerprint density at radius 2 is 2.06 bits per heavy atom. The average molecular weight is 218 g/mol. The molecule has 0 aromatic heterocycles. The van der Waals surface area contributed by atoms with Crippen LogP contribution in [0.4, 0.5) is 5.69 Å².